The summed E-state index contributed by atoms with van der Waals surface area (Å²) in [5.74, 6) is -0.119. The zero-order chi connectivity index (χ0) is 14.2. The molecule has 1 aromatic rings. The fraction of sp³-hybridized carbons (Fsp3) is 0.455. The predicted molar refractivity (Wildman–Crippen MR) is 72.6 cm³/mol. The van der Waals surface area contributed by atoms with Crippen LogP contribution in [0, 0.1) is 0 Å². The lowest BCUT2D eigenvalue weighted by atomic mass is 10.2. The Bertz CT molecular complexity index is 614. The molecule has 1 aliphatic rings. The van der Waals surface area contributed by atoms with Crippen LogP contribution in [0.5, 0.6) is 0 Å². The van der Waals surface area contributed by atoms with Crippen LogP contribution < -0.4 is 16.4 Å². The number of primary amides is 1. The lowest BCUT2D eigenvalue weighted by molar-refractivity contribution is 0.0995. The van der Waals surface area contributed by atoms with Gasteiger partial charge in [-0.1, -0.05) is 0 Å². The van der Waals surface area contributed by atoms with Crippen molar-refractivity contribution in [3.8, 4) is 0 Å². The SMILES string of the molecule is CC1CS(=O)(=O)CCN1c1nc(C(N)=O)ccc1N. The number of anilines is 2. The van der Waals surface area contributed by atoms with E-state index in [0.717, 1.165) is 0 Å². The molecule has 1 fully saturated rings. The van der Waals surface area contributed by atoms with Crippen LogP contribution in [-0.2, 0) is 9.84 Å². The lowest BCUT2D eigenvalue weighted by Gasteiger charge is -2.34. The highest BCUT2D eigenvalue weighted by Crippen LogP contribution is 2.25. The molecule has 19 heavy (non-hydrogen) atoms. The zero-order valence-corrected chi connectivity index (χ0v) is 11.4. The number of carbonyl (C=O) groups is 1. The maximum Gasteiger partial charge on any atom is 0.267 e. The van der Waals surface area contributed by atoms with Crippen molar-refractivity contribution in [2.45, 2.75) is 13.0 Å². The molecule has 1 unspecified atom stereocenters. The molecule has 0 saturated carbocycles. The zero-order valence-electron chi connectivity index (χ0n) is 10.5. The summed E-state index contributed by atoms with van der Waals surface area (Å²) in [4.78, 5) is 17.1. The Morgan fingerprint density at radius 2 is 2.16 bits per heavy atom. The van der Waals surface area contributed by atoms with E-state index in [1.807, 2.05) is 0 Å². The number of hydrogen-bond donors (Lipinski definition) is 2. The van der Waals surface area contributed by atoms with Crippen LogP contribution in [0.3, 0.4) is 0 Å². The summed E-state index contributed by atoms with van der Waals surface area (Å²) in [6.07, 6.45) is 0. The molecule has 1 amide bonds. The van der Waals surface area contributed by atoms with Gasteiger partial charge >= 0.3 is 0 Å². The molecule has 8 heteroatoms. The average molecular weight is 284 g/mol. The van der Waals surface area contributed by atoms with Gasteiger partial charge in [-0.25, -0.2) is 13.4 Å². The van der Waals surface area contributed by atoms with Crippen LogP contribution in [-0.4, -0.2) is 43.4 Å². The van der Waals surface area contributed by atoms with Crippen LogP contribution in [0.2, 0.25) is 0 Å². The number of nitrogens with two attached hydrogens (primary N) is 2. The Kier molecular flexibility index (Phi) is 3.36. The molecule has 1 aromatic heterocycles. The minimum absolute atomic E-state index is 0.0505. The number of sulfone groups is 1. The Morgan fingerprint density at radius 1 is 1.47 bits per heavy atom. The van der Waals surface area contributed by atoms with Crippen LogP contribution in [0.15, 0.2) is 12.1 Å². The first kappa shape index (κ1) is 13.6. The number of amides is 1. The first-order chi connectivity index (χ1) is 8.80. The molecule has 0 aliphatic carbocycles. The Labute approximate surface area is 111 Å². The van der Waals surface area contributed by atoms with Gasteiger partial charge in [0.15, 0.2) is 15.7 Å². The molecule has 0 radical (unpaired) electrons. The lowest BCUT2D eigenvalue weighted by Crippen LogP contribution is -2.47. The number of rotatable bonds is 2. The second-order valence-electron chi connectivity index (χ2n) is 4.63. The molecule has 2 heterocycles. The molecule has 104 valence electrons. The molecular weight excluding hydrogens is 268 g/mol. The molecule has 0 spiro atoms. The van der Waals surface area contributed by atoms with Gasteiger partial charge in [-0.2, -0.15) is 0 Å². The quantitative estimate of drug-likeness (QED) is 0.747. The van der Waals surface area contributed by atoms with Crippen molar-refractivity contribution < 1.29 is 13.2 Å². The van der Waals surface area contributed by atoms with E-state index in [9.17, 15) is 13.2 Å². The largest absolute Gasteiger partial charge is 0.396 e. The summed E-state index contributed by atoms with van der Waals surface area (Å²) >= 11 is 0. The number of nitrogens with zero attached hydrogens (tertiary/aromatic N) is 2. The van der Waals surface area contributed by atoms with Gasteiger partial charge in [-0.15, -0.1) is 0 Å². The van der Waals surface area contributed by atoms with Crippen LogP contribution in [0.25, 0.3) is 0 Å². The first-order valence-corrected chi connectivity index (χ1v) is 7.66. The summed E-state index contributed by atoms with van der Waals surface area (Å²) in [6, 6.07) is 2.77. The van der Waals surface area contributed by atoms with E-state index in [0.29, 0.717) is 18.1 Å². The average Bonchev–Trinajstić information content (AvgIpc) is 2.29. The number of hydrogen-bond acceptors (Lipinski definition) is 6. The fourth-order valence-corrected chi connectivity index (χ4v) is 3.70. The predicted octanol–water partition coefficient (Wildman–Crippen LogP) is -0.614. The molecular formula is C11H16N4O3S. The summed E-state index contributed by atoms with van der Waals surface area (Å²) in [6.45, 7) is 2.09. The fourth-order valence-electron chi connectivity index (χ4n) is 2.14. The minimum Gasteiger partial charge on any atom is -0.396 e. The number of nitrogen functional groups attached to an aromatic ring is 1. The van der Waals surface area contributed by atoms with Gasteiger partial charge in [-0.05, 0) is 19.1 Å². The maximum atomic E-state index is 11.5. The van der Waals surface area contributed by atoms with Gasteiger partial charge < -0.3 is 16.4 Å². The van der Waals surface area contributed by atoms with Crippen LogP contribution in [0.4, 0.5) is 11.5 Å². The monoisotopic (exact) mass is 284 g/mol. The standard InChI is InChI=1S/C11H16N4O3S/c1-7-6-19(17,18)5-4-15(7)11-8(12)2-3-9(14-11)10(13)16/h2-3,7H,4-6,12H2,1H3,(H2,13,16). The van der Waals surface area contributed by atoms with Gasteiger partial charge in [0.25, 0.3) is 5.91 Å². The molecule has 1 atom stereocenters. The molecule has 0 bridgehead atoms. The summed E-state index contributed by atoms with van der Waals surface area (Å²) < 4.78 is 23.1. The molecule has 1 saturated heterocycles. The van der Waals surface area contributed by atoms with Gasteiger partial charge in [0.05, 0.1) is 17.2 Å². The third-order valence-electron chi connectivity index (χ3n) is 3.10. The van der Waals surface area contributed by atoms with Gasteiger partial charge in [0.2, 0.25) is 0 Å². The minimum atomic E-state index is -3.01. The maximum absolute atomic E-state index is 11.5. The van der Waals surface area contributed by atoms with Crippen LogP contribution in [0.1, 0.15) is 17.4 Å². The van der Waals surface area contributed by atoms with Gasteiger partial charge in [0.1, 0.15) is 5.69 Å². The first-order valence-electron chi connectivity index (χ1n) is 5.83. The Hall–Kier alpha value is -1.83. The van der Waals surface area contributed by atoms with Crippen molar-refractivity contribution in [3.63, 3.8) is 0 Å². The van der Waals surface area contributed by atoms with E-state index in [-0.39, 0.29) is 23.2 Å². The molecule has 0 aromatic carbocycles. The number of aromatic nitrogens is 1. The molecule has 4 N–H and O–H groups in total. The summed E-state index contributed by atoms with van der Waals surface area (Å²) in [5.41, 5.74) is 11.5. The highest BCUT2D eigenvalue weighted by atomic mass is 32.2. The van der Waals surface area contributed by atoms with Crippen molar-refractivity contribution in [2.75, 3.05) is 28.7 Å². The second kappa shape index (κ2) is 4.69. The summed E-state index contributed by atoms with van der Waals surface area (Å²) in [5, 5.41) is 0. The Balaban J connectivity index is 2.36. The van der Waals surface area contributed by atoms with E-state index in [2.05, 4.69) is 4.98 Å². The third-order valence-corrected chi connectivity index (χ3v) is 4.90. The van der Waals surface area contributed by atoms with E-state index in [1.54, 1.807) is 17.9 Å². The normalized spacial score (nSPS) is 22.2. The number of pyridine rings is 1. The van der Waals surface area contributed by atoms with Gasteiger partial charge in [-0.3, -0.25) is 4.79 Å². The van der Waals surface area contributed by atoms with Crippen LogP contribution >= 0.6 is 0 Å². The molecule has 7 nitrogen and oxygen atoms in total. The van der Waals surface area contributed by atoms with E-state index in [4.69, 9.17) is 11.5 Å². The highest BCUT2D eigenvalue weighted by molar-refractivity contribution is 7.91. The van der Waals surface area contributed by atoms with Crippen molar-refractivity contribution in [1.82, 2.24) is 4.98 Å². The molecule has 2 rings (SSSR count). The smallest absolute Gasteiger partial charge is 0.267 e. The van der Waals surface area contributed by atoms with Crippen molar-refractivity contribution >= 4 is 27.2 Å². The highest BCUT2D eigenvalue weighted by Gasteiger charge is 2.30. The summed E-state index contributed by atoms with van der Waals surface area (Å²) in [7, 11) is -3.01. The van der Waals surface area contributed by atoms with Crippen molar-refractivity contribution in [3.05, 3.63) is 17.8 Å². The van der Waals surface area contributed by atoms with Gasteiger partial charge in [0, 0.05) is 12.6 Å². The van der Waals surface area contributed by atoms with E-state index < -0.39 is 15.7 Å². The van der Waals surface area contributed by atoms with E-state index in [1.165, 1.54) is 6.07 Å². The van der Waals surface area contributed by atoms with Crippen molar-refractivity contribution in [1.29, 1.82) is 0 Å². The Morgan fingerprint density at radius 3 is 2.74 bits per heavy atom. The van der Waals surface area contributed by atoms with Crippen molar-refractivity contribution in [2.24, 2.45) is 5.73 Å². The second-order valence-corrected chi connectivity index (χ2v) is 6.86. The van der Waals surface area contributed by atoms with E-state index >= 15 is 0 Å². The number of carbonyl (C=O) groups excluding carboxylic acids is 1. The third kappa shape index (κ3) is 2.78. The molecule has 1 aliphatic heterocycles. The topological polar surface area (TPSA) is 119 Å².